The second-order valence-corrected chi connectivity index (χ2v) is 11.7. The molecule has 0 aromatic heterocycles. The number of carbonyl (C=O) groups is 2. The lowest BCUT2D eigenvalue weighted by Crippen LogP contribution is -2.52. The predicted molar refractivity (Wildman–Crippen MR) is 152 cm³/mol. The van der Waals surface area contributed by atoms with Gasteiger partial charge in [-0.05, 0) is 63.1 Å². The van der Waals surface area contributed by atoms with Crippen LogP contribution in [0.2, 0.25) is 0 Å². The molecule has 11 heteroatoms. The average molecular weight is 590 g/mol. The molecular weight excluding hydrogens is 555 g/mol. The zero-order valence-corrected chi connectivity index (χ0v) is 24.2. The third-order valence-electron chi connectivity index (χ3n) is 6.68. The van der Waals surface area contributed by atoms with Crippen molar-refractivity contribution in [2.75, 3.05) is 10.8 Å². The van der Waals surface area contributed by atoms with Gasteiger partial charge in [0.25, 0.3) is 10.0 Å². The Labute approximate surface area is 239 Å². The number of nitrogens with one attached hydrogen (secondary N) is 1. The maximum Gasteiger partial charge on any atom is 0.416 e. The summed E-state index contributed by atoms with van der Waals surface area (Å²) >= 11 is 0. The second-order valence-electron chi connectivity index (χ2n) is 9.88. The van der Waals surface area contributed by atoms with E-state index >= 15 is 0 Å². The van der Waals surface area contributed by atoms with Gasteiger partial charge in [-0.1, -0.05) is 61.0 Å². The molecule has 0 saturated carbocycles. The van der Waals surface area contributed by atoms with Gasteiger partial charge in [0.2, 0.25) is 11.8 Å². The van der Waals surface area contributed by atoms with Crippen molar-refractivity contribution in [1.29, 1.82) is 0 Å². The highest BCUT2D eigenvalue weighted by Crippen LogP contribution is 2.33. The van der Waals surface area contributed by atoms with Crippen molar-refractivity contribution in [3.63, 3.8) is 0 Å². The monoisotopic (exact) mass is 589 g/mol. The third-order valence-corrected chi connectivity index (χ3v) is 8.46. The summed E-state index contributed by atoms with van der Waals surface area (Å²) in [6.07, 6.45) is -4.08. The van der Waals surface area contributed by atoms with Crippen LogP contribution in [0.3, 0.4) is 0 Å². The summed E-state index contributed by atoms with van der Waals surface area (Å²) in [4.78, 5) is 28.0. The van der Waals surface area contributed by atoms with Crippen LogP contribution < -0.4 is 9.62 Å². The molecule has 0 bridgehead atoms. The summed E-state index contributed by atoms with van der Waals surface area (Å²) < 4.78 is 68.8. The van der Waals surface area contributed by atoms with Gasteiger partial charge in [-0.3, -0.25) is 13.9 Å². The molecule has 0 heterocycles. The van der Waals surface area contributed by atoms with Crippen molar-refractivity contribution < 1.29 is 31.2 Å². The van der Waals surface area contributed by atoms with Crippen LogP contribution in [0.25, 0.3) is 0 Å². The first kappa shape index (κ1) is 31.7. The van der Waals surface area contributed by atoms with Crippen molar-refractivity contribution in [2.24, 2.45) is 0 Å². The molecule has 3 rings (SSSR count). The minimum atomic E-state index is -4.73. The van der Waals surface area contributed by atoms with Crippen molar-refractivity contribution in [1.82, 2.24) is 10.2 Å². The van der Waals surface area contributed by atoms with E-state index < -0.39 is 46.2 Å². The number of benzene rings is 3. The molecule has 2 atom stereocenters. The van der Waals surface area contributed by atoms with Gasteiger partial charge in [0, 0.05) is 12.6 Å². The molecule has 0 radical (unpaired) electrons. The number of carbonyl (C=O) groups excluding carboxylic acids is 2. The number of sulfonamides is 1. The van der Waals surface area contributed by atoms with Crippen LogP contribution in [-0.4, -0.2) is 43.8 Å². The lowest BCUT2D eigenvalue weighted by Gasteiger charge is -2.32. The second kappa shape index (κ2) is 13.2. The van der Waals surface area contributed by atoms with Crippen LogP contribution >= 0.6 is 0 Å². The smallest absolute Gasteiger partial charge is 0.352 e. The largest absolute Gasteiger partial charge is 0.416 e. The van der Waals surface area contributed by atoms with Crippen molar-refractivity contribution >= 4 is 27.5 Å². The van der Waals surface area contributed by atoms with E-state index in [2.05, 4.69) is 5.32 Å². The summed E-state index contributed by atoms with van der Waals surface area (Å²) in [5, 5.41) is 2.84. The number of hydrogen-bond acceptors (Lipinski definition) is 4. The van der Waals surface area contributed by atoms with Crippen LogP contribution in [0.5, 0.6) is 0 Å². The molecule has 3 aromatic rings. The van der Waals surface area contributed by atoms with E-state index in [1.54, 1.807) is 18.2 Å². The fourth-order valence-corrected chi connectivity index (χ4v) is 5.57. The van der Waals surface area contributed by atoms with E-state index in [4.69, 9.17) is 0 Å². The first-order valence-corrected chi connectivity index (χ1v) is 14.6. The Bertz CT molecular complexity index is 1460. The standard InChI is InChI=1S/C30H34F3N3O4S/c1-5-22(3)34-29(38)23(4)35(19-24-12-9-11-21(2)17-24)28(37)20-36(41(39,40)27-15-7-6-8-16-27)26-14-10-13-25(18-26)30(31,32)33/h6-18,22-23H,5,19-20H2,1-4H3,(H,34,38)/t22-,23-/m1/s1. The van der Waals surface area contributed by atoms with Gasteiger partial charge in [-0.2, -0.15) is 13.2 Å². The highest BCUT2D eigenvalue weighted by atomic mass is 32.2. The summed E-state index contributed by atoms with van der Waals surface area (Å²) in [6.45, 7) is 6.27. The SMILES string of the molecule is CC[C@@H](C)NC(=O)[C@@H](C)N(Cc1cccc(C)c1)C(=O)CN(c1cccc(C(F)(F)F)c1)S(=O)(=O)c1ccccc1. The molecule has 0 aliphatic heterocycles. The van der Waals surface area contributed by atoms with Gasteiger partial charge < -0.3 is 10.2 Å². The van der Waals surface area contributed by atoms with E-state index in [-0.39, 0.29) is 23.2 Å². The summed E-state index contributed by atoms with van der Waals surface area (Å²) in [7, 11) is -4.48. The Morgan fingerprint density at radius 1 is 0.927 bits per heavy atom. The van der Waals surface area contributed by atoms with Crippen molar-refractivity contribution in [3.05, 3.63) is 95.6 Å². The van der Waals surface area contributed by atoms with Crippen LogP contribution in [0.4, 0.5) is 18.9 Å². The Hall–Kier alpha value is -3.86. The van der Waals surface area contributed by atoms with E-state index in [1.807, 2.05) is 32.9 Å². The first-order valence-electron chi connectivity index (χ1n) is 13.1. The minimum Gasteiger partial charge on any atom is -0.352 e. The Balaban J connectivity index is 2.08. The zero-order valence-electron chi connectivity index (χ0n) is 23.4. The lowest BCUT2D eigenvalue weighted by atomic mass is 10.1. The molecule has 0 spiro atoms. The van der Waals surface area contributed by atoms with Gasteiger partial charge in [0.05, 0.1) is 16.1 Å². The highest BCUT2D eigenvalue weighted by molar-refractivity contribution is 7.92. The molecule has 0 fully saturated rings. The molecule has 3 aromatic carbocycles. The number of aryl methyl sites for hydroxylation is 1. The molecule has 1 N–H and O–H groups in total. The third kappa shape index (κ3) is 8.09. The number of alkyl halides is 3. The number of anilines is 1. The quantitative estimate of drug-likeness (QED) is 0.318. The number of nitrogens with zero attached hydrogens (tertiary/aromatic N) is 2. The highest BCUT2D eigenvalue weighted by Gasteiger charge is 2.35. The minimum absolute atomic E-state index is 0.0164. The Morgan fingerprint density at radius 3 is 2.20 bits per heavy atom. The molecule has 0 aliphatic rings. The number of halogens is 3. The van der Waals surface area contributed by atoms with Gasteiger partial charge in [0.1, 0.15) is 12.6 Å². The van der Waals surface area contributed by atoms with E-state index in [9.17, 15) is 31.2 Å². The van der Waals surface area contributed by atoms with Gasteiger partial charge in [-0.25, -0.2) is 8.42 Å². The lowest BCUT2D eigenvalue weighted by molar-refractivity contribution is -0.139. The van der Waals surface area contributed by atoms with Crippen LogP contribution in [0.15, 0.2) is 83.8 Å². The maximum atomic E-state index is 13.9. The van der Waals surface area contributed by atoms with E-state index in [0.29, 0.717) is 22.4 Å². The molecule has 7 nitrogen and oxygen atoms in total. The molecule has 220 valence electrons. The first-order chi connectivity index (χ1) is 19.2. The van der Waals surface area contributed by atoms with E-state index in [0.717, 1.165) is 17.7 Å². The van der Waals surface area contributed by atoms with Gasteiger partial charge in [0.15, 0.2) is 0 Å². The van der Waals surface area contributed by atoms with Crippen molar-refractivity contribution in [3.8, 4) is 0 Å². The topological polar surface area (TPSA) is 86.8 Å². The number of hydrogen-bond donors (Lipinski definition) is 1. The zero-order chi connectivity index (χ0) is 30.4. The Kier molecular flexibility index (Phi) is 10.2. The fraction of sp³-hybridized carbons (Fsp3) is 0.333. The summed E-state index contributed by atoms with van der Waals surface area (Å²) in [5.74, 6) is -1.19. The Morgan fingerprint density at radius 2 is 1.59 bits per heavy atom. The number of rotatable bonds is 11. The fourth-order valence-electron chi connectivity index (χ4n) is 4.14. The molecule has 2 amide bonds. The maximum absolute atomic E-state index is 13.9. The predicted octanol–water partition coefficient (Wildman–Crippen LogP) is 5.54. The average Bonchev–Trinajstić information content (AvgIpc) is 2.94. The number of amides is 2. The molecule has 0 aliphatic carbocycles. The van der Waals surface area contributed by atoms with Crippen LogP contribution in [0.1, 0.15) is 43.9 Å². The molecule has 41 heavy (non-hydrogen) atoms. The van der Waals surface area contributed by atoms with Crippen molar-refractivity contribution in [2.45, 2.75) is 63.8 Å². The van der Waals surface area contributed by atoms with Crippen LogP contribution in [0, 0.1) is 6.92 Å². The van der Waals surface area contributed by atoms with Gasteiger partial charge in [-0.15, -0.1) is 0 Å². The van der Waals surface area contributed by atoms with Gasteiger partial charge >= 0.3 is 6.18 Å². The molecule has 0 unspecified atom stereocenters. The summed E-state index contributed by atoms with van der Waals surface area (Å²) in [5.41, 5.74) is 0.236. The summed E-state index contributed by atoms with van der Waals surface area (Å²) in [6, 6.07) is 17.1. The van der Waals surface area contributed by atoms with Crippen LogP contribution in [-0.2, 0) is 32.3 Å². The molecule has 0 saturated heterocycles. The normalized spacial score (nSPS) is 13.2. The molecular formula is C30H34F3N3O4S. The van der Waals surface area contributed by atoms with E-state index in [1.165, 1.54) is 42.2 Å².